The molecule has 1 N–H and O–H groups in total. The fourth-order valence-electron chi connectivity index (χ4n) is 1.68. The topological polar surface area (TPSA) is 41.6 Å². The molecule has 0 radical (unpaired) electrons. The van der Waals surface area contributed by atoms with Crippen molar-refractivity contribution in [1.82, 2.24) is 15.0 Å². The normalized spacial score (nSPS) is 10.6. The maximum atomic E-state index is 4.35. The van der Waals surface area contributed by atoms with Gasteiger partial charge in [0, 0.05) is 18.1 Å². The summed E-state index contributed by atoms with van der Waals surface area (Å²) in [5.74, 6) is 0.868. The summed E-state index contributed by atoms with van der Waals surface area (Å²) in [4.78, 5) is 11.9. The molecule has 0 atom stereocenters. The number of hydrogen-bond donors (Lipinski definition) is 1. The Morgan fingerprint density at radius 2 is 2.12 bits per heavy atom. The molecule has 0 aliphatic carbocycles. The maximum absolute atomic E-state index is 4.35. The van der Waals surface area contributed by atoms with Crippen LogP contribution < -0.4 is 0 Å². The summed E-state index contributed by atoms with van der Waals surface area (Å²) >= 11 is 0. The number of unbranched alkanes of at least 4 members (excludes halogenated alkanes) is 2. The molecule has 0 bridgehead atoms. The van der Waals surface area contributed by atoms with E-state index in [1.165, 1.54) is 25.0 Å². The minimum Gasteiger partial charge on any atom is -0.341 e. The summed E-state index contributed by atoms with van der Waals surface area (Å²) in [7, 11) is 0. The quantitative estimate of drug-likeness (QED) is 0.778. The maximum Gasteiger partial charge on any atom is 0.156 e. The second kappa shape index (κ2) is 5.45. The van der Waals surface area contributed by atoms with E-state index in [4.69, 9.17) is 0 Å². The first-order valence-corrected chi connectivity index (χ1v) is 5.85. The van der Waals surface area contributed by atoms with Crippen LogP contribution in [0, 0.1) is 0 Å². The minimum absolute atomic E-state index is 0.868. The lowest BCUT2D eigenvalue weighted by molar-refractivity contribution is 0.709. The van der Waals surface area contributed by atoms with Crippen LogP contribution in [-0.2, 0) is 6.42 Å². The Labute approximate surface area is 96.0 Å². The van der Waals surface area contributed by atoms with Crippen molar-refractivity contribution in [1.29, 1.82) is 0 Å². The Kier molecular flexibility index (Phi) is 3.70. The smallest absolute Gasteiger partial charge is 0.156 e. The van der Waals surface area contributed by atoms with Gasteiger partial charge in [0.1, 0.15) is 5.69 Å². The third-order valence-corrected chi connectivity index (χ3v) is 2.59. The van der Waals surface area contributed by atoms with Gasteiger partial charge in [-0.2, -0.15) is 0 Å². The standard InChI is InChI=1S/C13H17N3/c1-2-3-4-7-11-10-15-13(16-11)12-8-5-6-9-14-12/h5-6,8-10H,2-4,7H2,1H3,(H,15,16). The highest BCUT2D eigenvalue weighted by molar-refractivity contribution is 5.48. The number of hydrogen-bond acceptors (Lipinski definition) is 2. The van der Waals surface area contributed by atoms with E-state index in [1.54, 1.807) is 6.20 Å². The Morgan fingerprint density at radius 3 is 2.88 bits per heavy atom. The minimum atomic E-state index is 0.868. The lowest BCUT2D eigenvalue weighted by Gasteiger charge is -1.96. The Bertz CT molecular complexity index is 420. The summed E-state index contributed by atoms with van der Waals surface area (Å²) in [5.41, 5.74) is 2.11. The van der Waals surface area contributed by atoms with E-state index in [0.717, 1.165) is 17.9 Å². The van der Waals surface area contributed by atoms with Crippen molar-refractivity contribution in [2.24, 2.45) is 0 Å². The molecule has 0 spiro atoms. The van der Waals surface area contributed by atoms with Crippen molar-refractivity contribution in [2.75, 3.05) is 0 Å². The van der Waals surface area contributed by atoms with Gasteiger partial charge in [-0.1, -0.05) is 25.8 Å². The van der Waals surface area contributed by atoms with Crippen molar-refractivity contribution in [3.63, 3.8) is 0 Å². The zero-order valence-corrected chi connectivity index (χ0v) is 9.61. The van der Waals surface area contributed by atoms with Gasteiger partial charge in [0.2, 0.25) is 0 Å². The Balaban J connectivity index is 2.02. The Hall–Kier alpha value is -1.64. The predicted molar refractivity (Wildman–Crippen MR) is 65.0 cm³/mol. The van der Waals surface area contributed by atoms with E-state index < -0.39 is 0 Å². The van der Waals surface area contributed by atoms with Gasteiger partial charge >= 0.3 is 0 Å². The highest BCUT2D eigenvalue weighted by Crippen LogP contribution is 2.13. The zero-order valence-electron chi connectivity index (χ0n) is 9.61. The summed E-state index contributed by atoms with van der Waals surface area (Å²) in [6.07, 6.45) is 8.53. The van der Waals surface area contributed by atoms with Crippen molar-refractivity contribution in [3.05, 3.63) is 36.3 Å². The first-order valence-electron chi connectivity index (χ1n) is 5.85. The van der Waals surface area contributed by atoms with E-state index in [-0.39, 0.29) is 0 Å². The molecule has 0 saturated carbocycles. The summed E-state index contributed by atoms with van der Waals surface area (Å²) in [5, 5.41) is 0. The number of rotatable bonds is 5. The fourth-order valence-corrected chi connectivity index (χ4v) is 1.68. The van der Waals surface area contributed by atoms with Crippen LogP contribution in [0.25, 0.3) is 11.5 Å². The van der Waals surface area contributed by atoms with Crippen LogP contribution in [0.15, 0.2) is 30.6 Å². The molecule has 0 unspecified atom stereocenters. The second-order valence-electron chi connectivity index (χ2n) is 3.93. The van der Waals surface area contributed by atoms with E-state index >= 15 is 0 Å². The van der Waals surface area contributed by atoms with Gasteiger partial charge in [0.05, 0.1) is 0 Å². The molecule has 0 saturated heterocycles. The molecule has 3 nitrogen and oxygen atoms in total. The number of nitrogens with zero attached hydrogens (tertiary/aromatic N) is 2. The molecule has 84 valence electrons. The first kappa shape index (κ1) is 10.9. The lowest BCUT2D eigenvalue weighted by Crippen LogP contribution is -1.87. The molecule has 0 aromatic carbocycles. The third-order valence-electron chi connectivity index (χ3n) is 2.59. The van der Waals surface area contributed by atoms with Gasteiger partial charge in [-0.05, 0) is 25.0 Å². The van der Waals surface area contributed by atoms with Crippen LogP contribution in [0.3, 0.4) is 0 Å². The number of pyridine rings is 1. The average molecular weight is 215 g/mol. The summed E-state index contributed by atoms with van der Waals surface area (Å²) in [6, 6.07) is 5.85. The number of imidazole rings is 1. The molecule has 0 fully saturated rings. The van der Waals surface area contributed by atoms with Gasteiger partial charge in [-0.15, -0.1) is 0 Å². The van der Waals surface area contributed by atoms with Crippen molar-refractivity contribution < 1.29 is 0 Å². The molecule has 2 aromatic heterocycles. The van der Waals surface area contributed by atoms with Gasteiger partial charge in [-0.3, -0.25) is 4.98 Å². The van der Waals surface area contributed by atoms with Crippen LogP contribution >= 0.6 is 0 Å². The highest BCUT2D eigenvalue weighted by atomic mass is 14.9. The van der Waals surface area contributed by atoms with Crippen molar-refractivity contribution in [2.45, 2.75) is 32.6 Å². The van der Waals surface area contributed by atoms with E-state index in [1.807, 2.05) is 24.4 Å². The van der Waals surface area contributed by atoms with Crippen molar-refractivity contribution >= 4 is 0 Å². The third kappa shape index (κ3) is 2.69. The largest absolute Gasteiger partial charge is 0.341 e. The number of aromatic amines is 1. The molecule has 3 heteroatoms. The molecular formula is C13H17N3. The predicted octanol–water partition coefficient (Wildman–Crippen LogP) is 3.20. The molecule has 2 rings (SSSR count). The molecule has 0 aliphatic rings. The SMILES string of the molecule is CCCCCc1cnc(-c2ccccn2)[nH]1. The first-order chi connectivity index (χ1) is 7.90. The fraction of sp³-hybridized carbons (Fsp3) is 0.385. The van der Waals surface area contributed by atoms with Gasteiger partial charge in [0.15, 0.2) is 5.82 Å². The molecule has 16 heavy (non-hydrogen) atoms. The molecule has 0 aliphatic heterocycles. The van der Waals surface area contributed by atoms with Gasteiger partial charge in [-0.25, -0.2) is 4.98 Å². The van der Waals surface area contributed by atoms with Crippen LogP contribution in [0.1, 0.15) is 31.9 Å². The van der Waals surface area contributed by atoms with Crippen molar-refractivity contribution in [3.8, 4) is 11.5 Å². The van der Waals surface area contributed by atoms with Gasteiger partial charge < -0.3 is 4.98 Å². The number of aromatic nitrogens is 3. The zero-order chi connectivity index (χ0) is 11.2. The van der Waals surface area contributed by atoms with Crippen LogP contribution in [-0.4, -0.2) is 15.0 Å². The van der Waals surface area contributed by atoms with Gasteiger partial charge in [0.25, 0.3) is 0 Å². The van der Waals surface area contributed by atoms with Crippen LogP contribution in [0.5, 0.6) is 0 Å². The number of nitrogens with one attached hydrogen (secondary N) is 1. The van der Waals surface area contributed by atoms with E-state index in [0.29, 0.717) is 0 Å². The molecule has 0 amide bonds. The monoisotopic (exact) mass is 215 g/mol. The number of H-pyrrole nitrogens is 1. The number of aryl methyl sites for hydroxylation is 1. The second-order valence-corrected chi connectivity index (χ2v) is 3.93. The lowest BCUT2D eigenvalue weighted by atomic mass is 10.2. The Morgan fingerprint density at radius 1 is 1.19 bits per heavy atom. The average Bonchev–Trinajstić information content (AvgIpc) is 2.79. The van der Waals surface area contributed by atoms with E-state index in [9.17, 15) is 0 Å². The van der Waals surface area contributed by atoms with E-state index in [2.05, 4.69) is 21.9 Å². The summed E-state index contributed by atoms with van der Waals surface area (Å²) < 4.78 is 0. The molecular weight excluding hydrogens is 198 g/mol. The molecule has 2 aromatic rings. The van der Waals surface area contributed by atoms with Crippen LogP contribution in [0.2, 0.25) is 0 Å². The highest BCUT2D eigenvalue weighted by Gasteiger charge is 2.03. The molecule has 2 heterocycles. The van der Waals surface area contributed by atoms with Crippen LogP contribution in [0.4, 0.5) is 0 Å². The summed E-state index contributed by atoms with van der Waals surface area (Å²) in [6.45, 7) is 2.21.